The molecule has 0 fully saturated rings. The van der Waals surface area contributed by atoms with Crippen LogP contribution in [0.2, 0.25) is 0 Å². The van der Waals surface area contributed by atoms with E-state index in [4.69, 9.17) is 0 Å². The number of rotatable bonds is 2. The molecule has 0 atom stereocenters. The van der Waals surface area contributed by atoms with E-state index < -0.39 is 5.92 Å². The molecule has 1 aromatic rings. The van der Waals surface area contributed by atoms with E-state index in [2.05, 4.69) is 0 Å². The van der Waals surface area contributed by atoms with Gasteiger partial charge in [0.05, 0.1) is 0 Å². The van der Waals surface area contributed by atoms with Gasteiger partial charge in [-0.15, -0.1) is 0 Å². The highest BCUT2D eigenvalue weighted by atomic mass is 19.3. The minimum absolute atomic E-state index is 0.172. The Labute approximate surface area is 71.2 Å². The zero-order valence-electron chi connectivity index (χ0n) is 7.27. The summed E-state index contributed by atoms with van der Waals surface area (Å²) < 4.78 is 25.1. The molecule has 0 nitrogen and oxygen atoms in total. The van der Waals surface area contributed by atoms with Gasteiger partial charge < -0.3 is 0 Å². The smallest absolute Gasteiger partial charge is 0.207 e. The van der Waals surface area contributed by atoms with Gasteiger partial charge in [-0.25, -0.2) is 8.78 Å². The van der Waals surface area contributed by atoms with Crippen molar-refractivity contribution < 1.29 is 8.78 Å². The highest BCUT2D eigenvalue weighted by Gasteiger charge is 2.21. The van der Waals surface area contributed by atoms with Gasteiger partial charge in [0.1, 0.15) is 0 Å². The molecular formula is C10H12F2. The van der Waals surface area contributed by atoms with Gasteiger partial charge in [0.25, 0.3) is 0 Å². The Balaban J connectivity index is 2.77. The third-order valence-corrected chi connectivity index (χ3v) is 1.60. The molecule has 1 aromatic carbocycles. The van der Waals surface area contributed by atoms with Gasteiger partial charge in [-0.1, -0.05) is 29.8 Å². The highest BCUT2D eigenvalue weighted by Crippen LogP contribution is 2.19. The first-order valence-electron chi connectivity index (χ1n) is 3.91. The largest absolute Gasteiger partial charge is 0.249 e. The van der Waals surface area contributed by atoms with E-state index in [1.807, 2.05) is 13.0 Å². The van der Waals surface area contributed by atoms with Gasteiger partial charge in [-0.3, -0.25) is 0 Å². The summed E-state index contributed by atoms with van der Waals surface area (Å²) in [7, 11) is 0. The fourth-order valence-electron chi connectivity index (χ4n) is 1.18. The van der Waals surface area contributed by atoms with Crippen molar-refractivity contribution in [1.29, 1.82) is 0 Å². The zero-order chi connectivity index (χ0) is 9.19. The van der Waals surface area contributed by atoms with E-state index in [1.165, 1.54) is 0 Å². The lowest BCUT2D eigenvalue weighted by Crippen LogP contribution is -2.13. The van der Waals surface area contributed by atoms with Crippen LogP contribution in [0.15, 0.2) is 24.3 Å². The van der Waals surface area contributed by atoms with Crippen LogP contribution in [-0.2, 0) is 6.42 Å². The molecule has 0 heterocycles. The van der Waals surface area contributed by atoms with Crippen LogP contribution in [0.25, 0.3) is 0 Å². The van der Waals surface area contributed by atoms with Crippen LogP contribution in [0.1, 0.15) is 18.1 Å². The lowest BCUT2D eigenvalue weighted by Gasteiger charge is -2.09. The first-order valence-corrected chi connectivity index (χ1v) is 3.91. The predicted octanol–water partition coefficient (Wildman–Crippen LogP) is 3.19. The lowest BCUT2D eigenvalue weighted by atomic mass is 10.1. The van der Waals surface area contributed by atoms with Crippen molar-refractivity contribution >= 4 is 0 Å². The van der Waals surface area contributed by atoms with Crippen LogP contribution < -0.4 is 0 Å². The third kappa shape index (κ3) is 2.99. The maximum atomic E-state index is 12.5. The SMILES string of the molecule is Cc1cccc(CC(C)(F)F)c1. The molecule has 0 amide bonds. The topological polar surface area (TPSA) is 0 Å². The quantitative estimate of drug-likeness (QED) is 0.639. The van der Waals surface area contributed by atoms with Crippen molar-refractivity contribution in [2.24, 2.45) is 0 Å². The van der Waals surface area contributed by atoms with Crippen LogP contribution in [0.5, 0.6) is 0 Å². The van der Waals surface area contributed by atoms with Gasteiger partial charge >= 0.3 is 0 Å². The Hall–Kier alpha value is -0.920. The number of halogens is 2. The molecule has 0 N–H and O–H groups in total. The fourth-order valence-corrected chi connectivity index (χ4v) is 1.18. The minimum atomic E-state index is -2.60. The van der Waals surface area contributed by atoms with Gasteiger partial charge in [0.2, 0.25) is 5.92 Å². The number of benzene rings is 1. The Kier molecular flexibility index (Phi) is 2.46. The van der Waals surface area contributed by atoms with Crippen LogP contribution in [0.3, 0.4) is 0 Å². The maximum absolute atomic E-state index is 12.5. The minimum Gasteiger partial charge on any atom is -0.207 e. The number of hydrogen-bond acceptors (Lipinski definition) is 0. The Morgan fingerprint density at radius 2 is 2.00 bits per heavy atom. The Morgan fingerprint density at radius 3 is 2.50 bits per heavy atom. The van der Waals surface area contributed by atoms with Crippen LogP contribution in [0, 0.1) is 6.92 Å². The van der Waals surface area contributed by atoms with E-state index >= 15 is 0 Å². The van der Waals surface area contributed by atoms with Crippen molar-refractivity contribution in [2.45, 2.75) is 26.2 Å². The molecule has 0 aromatic heterocycles. The van der Waals surface area contributed by atoms with Crippen LogP contribution >= 0.6 is 0 Å². The lowest BCUT2D eigenvalue weighted by molar-refractivity contribution is 0.0226. The fraction of sp³-hybridized carbons (Fsp3) is 0.400. The van der Waals surface area contributed by atoms with Gasteiger partial charge in [0, 0.05) is 6.42 Å². The molecule has 0 bridgehead atoms. The van der Waals surface area contributed by atoms with E-state index in [0.29, 0.717) is 5.56 Å². The number of alkyl halides is 2. The first-order chi connectivity index (χ1) is 5.47. The molecule has 0 saturated heterocycles. The third-order valence-electron chi connectivity index (χ3n) is 1.60. The van der Waals surface area contributed by atoms with Gasteiger partial charge in [0.15, 0.2) is 0 Å². The van der Waals surface area contributed by atoms with E-state index in [1.54, 1.807) is 18.2 Å². The van der Waals surface area contributed by atoms with Crippen molar-refractivity contribution in [3.05, 3.63) is 35.4 Å². The molecule has 1 rings (SSSR count). The molecule has 0 aliphatic heterocycles. The normalized spacial score (nSPS) is 11.7. The summed E-state index contributed by atoms with van der Waals surface area (Å²) in [6.07, 6.45) is -0.172. The average molecular weight is 170 g/mol. The second-order valence-electron chi connectivity index (χ2n) is 3.24. The summed E-state index contributed by atoms with van der Waals surface area (Å²) in [5.41, 5.74) is 1.72. The van der Waals surface area contributed by atoms with Gasteiger partial charge in [-0.05, 0) is 19.4 Å². The maximum Gasteiger partial charge on any atom is 0.249 e. The summed E-state index contributed by atoms with van der Waals surface area (Å²) in [6.45, 7) is 2.84. The molecule has 0 aliphatic rings. The molecule has 12 heavy (non-hydrogen) atoms. The second-order valence-corrected chi connectivity index (χ2v) is 3.24. The summed E-state index contributed by atoms with van der Waals surface area (Å²) in [6, 6.07) is 7.22. The Bertz CT molecular complexity index is 261. The van der Waals surface area contributed by atoms with E-state index in [9.17, 15) is 8.78 Å². The van der Waals surface area contributed by atoms with Crippen molar-refractivity contribution in [3.63, 3.8) is 0 Å². The van der Waals surface area contributed by atoms with Crippen LogP contribution in [-0.4, -0.2) is 5.92 Å². The molecule has 66 valence electrons. The predicted molar refractivity (Wildman–Crippen MR) is 45.5 cm³/mol. The van der Waals surface area contributed by atoms with Crippen LogP contribution in [0.4, 0.5) is 8.78 Å². The van der Waals surface area contributed by atoms with E-state index in [-0.39, 0.29) is 6.42 Å². The summed E-state index contributed by atoms with van der Waals surface area (Å²) in [4.78, 5) is 0. The standard InChI is InChI=1S/C10H12F2/c1-8-4-3-5-9(6-8)7-10(2,11)12/h3-6H,7H2,1-2H3. The molecule has 0 unspecified atom stereocenters. The molecule has 0 saturated carbocycles. The van der Waals surface area contributed by atoms with Crippen molar-refractivity contribution in [1.82, 2.24) is 0 Å². The average Bonchev–Trinajstić information content (AvgIpc) is 1.82. The van der Waals surface area contributed by atoms with E-state index in [0.717, 1.165) is 12.5 Å². The molecule has 0 aliphatic carbocycles. The highest BCUT2D eigenvalue weighted by molar-refractivity contribution is 5.22. The molecule has 0 spiro atoms. The number of hydrogen-bond donors (Lipinski definition) is 0. The second kappa shape index (κ2) is 3.21. The van der Waals surface area contributed by atoms with Crippen molar-refractivity contribution in [2.75, 3.05) is 0 Å². The summed E-state index contributed by atoms with van der Waals surface area (Å²) in [5.74, 6) is -2.60. The monoisotopic (exact) mass is 170 g/mol. The van der Waals surface area contributed by atoms with Gasteiger partial charge in [-0.2, -0.15) is 0 Å². The Morgan fingerprint density at radius 1 is 1.33 bits per heavy atom. The zero-order valence-corrected chi connectivity index (χ0v) is 7.27. The molecule has 0 radical (unpaired) electrons. The van der Waals surface area contributed by atoms with Crippen molar-refractivity contribution in [3.8, 4) is 0 Å². The number of aryl methyl sites for hydroxylation is 1. The summed E-state index contributed by atoms with van der Waals surface area (Å²) in [5, 5.41) is 0. The molecular weight excluding hydrogens is 158 g/mol. The molecule has 2 heteroatoms. The summed E-state index contributed by atoms with van der Waals surface area (Å²) >= 11 is 0. The first kappa shape index (κ1) is 9.17.